The van der Waals surface area contributed by atoms with Gasteiger partial charge in [-0.2, -0.15) is 0 Å². The van der Waals surface area contributed by atoms with Crippen molar-refractivity contribution in [2.24, 2.45) is 0 Å². The van der Waals surface area contributed by atoms with E-state index in [1.807, 2.05) is 80.6 Å². The normalized spacial score (nSPS) is 11.5. The van der Waals surface area contributed by atoms with E-state index in [0.717, 1.165) is 28.4 Å². The van der Waals surface area contributed by atoms with Crippen LogP contribution < -0.4 is 15.4 Å². The molecule has 0 spiro atoms. The lowest BCUT2D eigenvalue weighted by Crippen LogP contribution is -2.31. The van der Waals surface area contributed by atoms with Crippen LogP contribution in [0.2, 0.25) is 0 Å². The summed E-state index contributed by atoms with van der Waals surface area (Å²) in [6, 6.07) is 20.6. The number of amides is 1. The van der Waals surface area contributed by atoms with Crippen molar-refractivity contribution in [1.29, 1.82) is 0 Å². The number of anilines is 2. The first kappa shape index (κ1) is 18.5. The molecule has 0 aliphatic carbocycles. The van der Waals surface area contributed by atoms with Crippen molar-refractivity contribution in [2.45, 2.75) is 26.5 Å². The van der Waals surface area contributed by atoms with Crippen LogP contribution in [0.1, 0.15) is 18.2 Å². The van der Waals surface area contributed by atoms with Gasteiger partial charge in [0.2, 0.25) is 5.91 Å². The van der Waals surface area contributed by atoms with Gasteiger partial charge in [-0.15, -0.1) is 0 Å². The molecule has 0 radical (unpaired) electrons. The number of rotatable bonds is 7. The van der Waals surface area contributed by atoms with Gasteiger partial charge in [-0.05, 0) is 55.8 Å². The SMILES string of the molecule is Cc1cccc(NC(=O)C(C)Nc2cccc(OCc3ccccn3)c2)c1. The molecule has 3 aromatic rings. The van der Waals surface area contributed by atoms with Crippen LogP contribution in [-0.2, 0) is 11.4 Å². The highest BCUT2D eigenvalue weighted by atomic mass is 16.5. The van der Waals surface area contributed by atoms with E-state index < -0.39 is 6.04 Å². The summed E-state index contributed by atoms with van der Waals surface area (Å²) in [5.74, 6) is 0.623. The van der Waals surface area contributed by atoms with E-state index in [1.54, 1.807) is 6.20 Å². The molecule has 0 fully saturated rings. The topological polar surface area (TPSA) is 63.2 Å². The monoisotopic (exact) mass is 361 g/mol. The molecule has 0 saturated carbocycles. The van der Waals surface area contributed by atoms with Crippen LogP contribution in [0.5, 0.6) is 5.75 Å². The molecule has 5 heteroatoms. The predicted octanol–water partition coefficient (Wildman–Crippen LogP) is 4.41. The van der Waals surface area contributed by atoms with Crippen molar-refractivity contribution in [3.05, 3.63) is 84.2 Å². The number of nitrogens with one attached hydrogen (secondary N) is 2. The summed E-state index contributed by atoms with van der Waals surface area (Å²) in [5.41, 5.74) is 3.58. The number of carbonyl (C=O) groups is 1. The van der Waals surface area contributed by atoms with E-state index in [4.69, 9.17) is 4.74 Å². The van der Waals surface area contributed by atoms with Gasteiger partial charge in [0, 0.05) is 23.6 Å². The fourth-order valence-electron chi connectivity index (χ4n) is 2.61. The van der Waals surface area contributed by atoms with Crippen LogP contribution in [0.4, 0.5) is 11.4 Å². The molecule has 0 bridgehead atoms. The van der Waals surface area contributed by atoms with Crippen LogP contribution in [0.3, 0.4) is 0 Å². The summed E-state index contributed by atoms with van der Waals surface area (Å²) < 4.78 is 5.78. The predicted molar refractivity (Wildman–Crippen MR) is 108 cm³/mol. The van der Waals surface area contributed by atoms with Gasteiger partial charge in [0.05, 0.1) is 5.69 Å². The first-order valence-corrected chi connectivity index (χ1v) is 8.87. The minimum Gasteiger partial charge on any atom is -0.487 e. The highest BCUT2D eigenvalue weighted by molar-refractivity contribution is 5.96. The molecule has 138 valence electrons. The Morgan fingerprint density at radius 3 is 2.63 bits per heavy atom. The number of aromatic nitrogens is 1. The molecular weight excluding hydrogens is 338 g/mol. The Morgan fingerprint density at radius 1 is 1.04 bits per heavy atom. The van der Waals surface area contributed by atoms with E-state index >= 15 is 0 Å². The maximum absolute atomic E-state index is 12.4. The quantitative estimate of drug-likeness (QED) is 0.654. The number of hydrogen-bond donors (Lipinski definition) is 2. The molecule has 3 rings (SSSR count). The molecular formula is C22H23N3O2. The summed E-state index contributed by atoms with van der Waals surface area (Å²) in [5, 5.41) is 6.13. The molecule has 2 aromatic carbocycles. The summed E-state index contributed by atoms with van der Waals surface area (Å²) in [6.07, 6.45) is 1.74. The fourth-order valence-corrected chi connectivity index (χ4v) is 2.61. The van der Waals surface area contributed by atoms with Gasteiger partial charge in [0.25, 0.3) is 0 Å². The van der Waals surface area contributed by atoms with Gasteiger partial charge < -0.3 is 15.4 Å². The van der Waals surface area contributed by atoms with Crippen molar-refractivity contribution < 1.29 is 9.53 Å². The number of carbonyl (C=O) groups excluding carboxylic acids is 1. The molecule has 0 aliphatic heterocycles. The van der Waals surface area contributed by atoms with Gasteiger partial charge in [0.1, 0.15) is 18.4 Å². The largest absolute Gasteiger partial charge is 0.487 e. The zero-order valence-electron chi connectivity index (χ0n) is 15.5. The van der Waals surface area contributed by atoms with Crippen LogP contribution >= 0.6 is 0 Å². The molecule has 1 atom stereocenters. The number of hydrogen-bond acceptors (Lipinski definition) is 4. The van der Waals surface area contributed by atoms with E-state index in [1.165, 1.54) is 0 Å². The second kappa shape index (κ2) is 8.85. The van der Waals surface area contributed by atoms with E-state index in [0.29, 0.717) is 6.61 Å². The van der Waals surface area contributed by atoms with E-state index in [2.05, 4.69) is 15.6 Å². The Labute approximate surface area is 159 Å². The highest BCUT2D eigenvalue weighted by Gasteiger charge is 2.13. The third kappa shape index (κ3) is 5.57. The lowest BCUT2D eigenvalue weighted by molar-refractivity contribution is -0.116. The Morgan fingerprint density at radius 2 is 1.85 bits per heavy atom. The zero-order valence-corrected chi connectivity index (χ0v) is 15.5. The van der Waals surface area contributed by atoms with Crippen molar-refractivity contribution in [1.82, 2.24) is 4.98 Å². The number of ether oxygens (including phenoxy) is 1. The molecule has 1 heterocycles. The number of aryl methyl sites for hydroxylation is 1. The summed E-state index contributed by atoms with van der Waals surface area (Å²) >= 11 is 0. The fraction of sp³-hybridized carbons (Fsp3) is 0.182. The standard InChI is InChI=1S/C22H23N3O2/c1-16-7-5-9-18(13-16)25-22(26)17(2)24-19-10-6-11-21(14-19)27-15-20-8-3-4-12-23-20/h3-14,17,24H,15H2,1-2H3,(H,25,26). The highest BCUT2D eigenvalue weighted by Crippen LogP contribution is 2.19. The number of nitrogens with zero attached hydrogens (tertiary/aromatic N) is 1. The maximum atomic E-state index is 12.4. The lowest BCUT2D eigenvalue weighted by Gasteiger charge is -2.16. The Balaban J connectivity index is 1.57. The van der Waals surface area contributed by atoms with Gasteiger partial charge in [-0.1, -0.05) is 24.3 Å². The van der Waals surface area contributed by atoms with Crippen molar-refractivity contribution in [3.63, 3.8) is 0 Å². The molecule has 5 nitrogen and oxygen atoms in total. The summed E-state index contributed by atoms with van der Waals surface area (Å²) in [6.45, 7) is 4.22. The van der Waals surface area contributed by atoms with Gasteiger partial charge in [0.15, 0.2) is 0 Å². The minimum atomic E-state index is -0.392. The maximum Gasteiger partial charge on any atom is 0.246 e. The first-order chi connectivity index (χ1) is 13.1. The average Bonchev–Trinajstić information content (AvgIpc) is 2.67. The Bertz CT molecular complexity index is 897. The second-order valence-electron chi connectivity index (χ2n) is 6.36. The average molecular weight is 361 g/mol. The molecule has 1 aromatic heterocycles. The minimum absolute atomic E-state index is 0.0968. The van der Waals surface area contributed by atoms with Gasteiger partial charge in [-0.25, -0.2) is 0 Å². The van der Waals surface area contributed by atoms with Crippen LogP contribution in [0.15, 0.2) is 72.9 Å². The molecule has 2 N–H and O–H groups in total. The summed E-state index contributed by atoms with van der Waals surface area (Å²) in [4.78, 5) is 16.7. The Hall–Kier alpha value is -3.34. The third-order valence-electron chi connectivity index (χ3n) is 4.01. The molecule has 1 amide bonds. The van der Waals surface area contributed by atoms with Gasteiger partial charge >= 0.3 is 0 Å². The van der Waals surface area contributed by atoms with Crippen LogP contribution in [0, 0.1) is 6.92 Å². The lowest BCUT2D eigenvalue weighted by atomic mass is 10.2. The van der Waals surface area contributed by atoms with Crippen molar-refractivity contribution in [2.75, 3.05) is 10.6 Å². The van der Waals surface area contributed by atoms with E-state index in [9.17, 15) is 4.79 Å². The smallest absolute Gasteiger partial charge is 0.246 e. The van der Waals surface area contributed by atoms with Gasteiger partial charge in [-0.3, -0.25) is 9.78 Å². The molecule has 0 aliphatic rings. The van der Waals surface area contributed by atoms with Crippen molar-refractivity contribution in [3.8, 4) is 5.75 Å². The third-order valence-corrected chi connectivity index (χ3v) is 4.01. The molecule has 1 unspecified atom stereocenters. The van der Waals surface area contributed by atoms with Crippen molar-refractivity contribution >= 4 is 17.3 Å². The molecule has 27 heavy (non-hydrogen) atoms. The zero-order chi connectivity index (χ0) is 19.1. The Kier molecular flexibility index (Phi) is 6.05. The first-order valence-electron chi connectivity index (χ1n) is 8.87. The molecule has 0 saturated heterocycles. The summed E-state index contributed by atoms with van der Waals surface area (Å²) in [7, 11) is 0. The van der Waals surface area contributed by atoms with Crippen LogP contribution in [0.25, 0.3) is 0 Å². The van der Waals surface area contributed by atoms with Crippen LogP contribution in [-0.4, -0.2) is 16.9 Å². The van der Waals surface area contributed by atoms with E-state index in [-0.39, 0.29) is 5.91 Å². The second-order valence-corrected chi connectivity index (χ2v) is 6.36. The number of pyridine rings is 1. The number of benzene rings is 2.